The number of rotatable bonds is 9. The maximum absolute atomic E-state index is 11.4. The Hall–Kier alpha value is -0.610. The molecule has 0 bridgehead atoms. The van der Waals surface area contributed by atoms with E-state index < -0.39 is 0 Å². The van der Waals surface area contributed by atoms with Gasteiger partial charge in [-0.05, 0) is 24.8 Å². The van der Waals surface area contributed by atoms with E-state index in [0.717, 1.165) is 12.8 Å². The smallest absolute Gasteiger partial charge is 0.306 e. The summed E-state index contributed by atoms with van der Waals surface area (Å²) in [6.45, 7) is 5.87. The van der Waals surface area contributed by atoms with E-state index in [1.54, 1.807) is 7.11 Å². The lowest BCUT2D eigenvalue weighted by molar-refractivity contribution is -0.145. The van der Waals surface area contributed by atoms with E-state index in [-0.39, 0.29) is 11.9 Å². The van der Waals surface area contributed by atoms with Crippen molar-refractivity contribution in [3.8, 4) is 0 Å². The molecular weight excluding hydrogens is 206 g/mol. The van der Waals surface area contributed by atoms with Gasteiger partial charge in [-0.25, -0.2) is 0 Å². The molecule has 1 unspecified atom stereocenters. The van der Waals surface area contributed by atoms with E-state index in [2.05, 4.69) is 13.8 Å². The molecule has 0 saturated heterocycles. The number of nitrogens with two attached hydrogens (primary N) is 1. The molecule has 0 aromatic rings. The predicted molar refractivity (Wildman–Crippen MR) is 64.1 cm³/mol. The number of carbonyl (C=O) groups is 1. The summed E-state index contributed by atoms with van der Waals surface area (Å²) in [4.78, 5) is 11.4. The SMILES string of the molecule is COCCCOC(=O)CC(CN)CC(C)C. The highest BCUT2D eigenvalue weighted by molar-refractivity contribution is 5.69. The van der Waals surface area contributed by atoms with Crippen molar-refractivity contribution in [1.29, 1.82) is 0 Å². The molecule has 0 aromatic heterocycles. The zero-order valence-corrected chi connectivity index (χ0v) is 10.7. The number of hydrogen-bond acceptors (Lipinski definition) is 4. The summed E-state index contributed by atoms with van der Waals surface area (Å²) < 4.78 is 9.95. The first-order valence-electron chi connectivity index (χ1n) is 5.94. The fourth-order valence-electron chi connectivity index (χ4n) is 1.61. The van der Waals surface area contributed by atoms with Gasteiger partial charge in [0.05, 0.1) is 6.61 Å². The Morgan fingerprint density at radius 2 is 2.00 bits per heavy atom. The van der Waals surface area contributed by atoms with E-state index in [4.69, 9.17) is 15.2 Å². The standard InChI is InChI=1S/C12H25NO3/c1-10(2)7-11(9-13)8-12(14)16-6-4-5-15-3/h10-11H,4-9,13H2,1-3H3. The zero-order valence-electron chi connectivity index (χ0n) is 10.7. The summed E-state index contributed by atoms with van der Waals surface area (Å²) in [5.74, 6) is 0.664. The van der Waals surface area contributed by atoms with Gasteiger partial charge in [0.25, 0.3) is 0 Å². The molecule has 0 radical (unpaired) electrons. The van der Waals surface area contributed by atoms with Gasteiger partial charge in [-0.15, -0.1) is 0 Å². The van der Waals surface area contributed by atoms with Crippen LogP contribution in [-0.4, -0.2) is 32.8 Å². The monoisotopic (exact) mass is 231 g/mol. The summed E-state index contributed by atoms with van der Waals surface area (Å²) in [7, 11) is 1.63. The summed E-state index contributed by atoms with van der Waals surface area (Å²) in [5.41, 5.74) is 5.62. The van der Waals surface area contributed by atoms with Crippen molar-refractivity contribution in [2.75, 3.05) is 26.9 Å². The number of methoxy groups -OCH3 is 1. The average Bonchev–Trinajstić information content (AvgIpc) is 2.23. The lowest BCUT2D eigenvalue weighted by Crippen LogP contribution is -2.21. The largest absolute Gasteiger partial charge is 0.466 e. The van der Waals surface area contributed by atoms with Crippen LogP contribution in [0.2, 0.25) is 0 Å². The van der Waals surface area contributed by atoms with Crippen molar-refractivity contribution in [3.05, 3.63) is 0 Å². The zero-order chi connectivity index (χ0) is 12.4. The van der Waals surface area contributed by atoms with Gasteiger partial charge < -0.3 is 15.2 Å². The van der Waals surface area contributed by atoms with Gasteiger partial charge in [0.15, 0.2) is 0 Å². The number of ether oxygens (including phenoxy) is 2. The Labute approximate surface area is 98.5 Å². The summed E-state index contributed by atoms with van der Waals surface area (Å²) in [6.07, 6.45) is 2.16. The van der Waals surface area contributed by atoms with Gasteiger partial charge in [0, 0.05) is 26.6 Å². The molecule has 16 heavy (non-hydrogen) atoms. The van der Waals surface area contributed by atoms with Crippen molar-refractivity contribution in [1.82, 2.24) is 0 Å². The van der Waals surface area contributed by atoms with E-state index >= 15 is 0 Å². The molecule has 0 spiro atoms. The van der Waals surface area contributed by atoms with Crippen LogP contribution in [0.15, 0.2) is 0 Å². The van der Waals surface area contributed by atoms with Crippen LogP contribution in [0.3, 0.4) is 0 Å². The number of esters is 1. The highest BCUT2D eigenvalue weighted by atomic mass is 16.5. The quantitative estimate of drug-likeness (QED) is 0.483. The van der Waals surface area contributed by atoms with Crippen molar-refractivity contribution in [2.45, 2.75) is 33.1 Å². The Kier molecular flexibility index (Phi) is 9.24. The minimum Gasteiger partial charge on any atom is -0.466 e. The normalized spacial score (nSPS) is 12.8. The van der Waals surface area contributed by atoms with Crippen LogP contribution < -0.4 is 5.73 Å². The molecule has 0 amide bonds. The maximum atomic E-state index is 11.4. The molecule has 4 nitrogen and oxygen atoms in total. The molecule has 2 N–H and O–H groups in total. The molecule has 0 aliphatic rings. The summed E-state index contributed by atoms with van der Waals surface area (Å²) >= 11 is 0. The molecule has 1 atom stereocenters. The van der Waals surface area contributed by atoms with Crippen LogP contribution in [0.1, 0.15) is 33.1 Å². The van der Waals surface area contributed by atoms with Crippen LogP contribution in [-0.2, 0) is 14.3 Å². The molecule has 4 heteroatoms. The fraction of sp³-hybridized carbons (Fsp3) is 0.917. The second-order valence-electron chi connectivity index (χ2n) is 4.50. The third kappa shape index (κ3) is 8.68. The van der Waals surface area contributed by atoms with E-state index in [1.807, 2.05) is 0 Å². The van der Waals surface area contributed by atoms with Crippen LogP contribution in [0.5, 0.6) is 0 Å². The van der Waals surface area contributed by atoms with Crippen molar-refractivity contribution < 1.29 is 14.3 Å². The topological polar surface area (TPSA) is 61.5 Å². The van der Waals surface area contributed by atoms with Crippen LogP contribution in [0.25, 0.3) is 0 Å². The minimum absolute atomic E-state index is 0.146. The average molecular weight is 231 g/mol. The molecule has 96 valence electrons. The van der Waals surface area contributed by atoms with Crippen LogP contribution in [0.4, 0.5) is 0 Å². The van der Waals surface area contributed by atoms with Crippen LogP contribution in [0, 0.1) is 11.8 Å². The van der Waals surface area contributed by atoms with Gasteiger partial charge in [-0.1, -0.05) is 13.8 Å². The Balaban J connectivity index is 3.66. The number of carbonyl (C=O) groups excluding carboxylic acids is 1. The first-order valence-corrected chi connectivity index (χ1v) is 5.94. The van der Waals surface area contributed by atoms with Crippen LogP contribution >= 0.6 is 0 Å². The molecule has 0 rings (SSSR count). The van der Waals surface area contributed by atoms with Gasteiger partial charge in [0.2, 0.25) is 0 Å². The lowest BCUT2D eigenvalue weighted by Gasteiger charge is -2.16. The second-order valence-corrected chi connectivity index (χ2v) is 4.50. The third-order valence-electron chi connectivity index (χ3n) is 2.35. The third-order valence-corrected chi connectivity index (χ3v) is 2.35. The highest BCUT2D eigenvalue weighted by Gasteiger charge is 2.14. The molecule has 0 fully saturated rings. The summed E-state index contributed by atoms with van der Waals surface area (Å²) in [5, 5.41) is 0. The molecule has 0 aliphatic carbocycles. The van der Waals surface area contributed by atoms with Crippen molar-refractivity contribution in [2.24, 2.45) is 17.6 Å². The molecular formula is C12H25NO3. The van der Waals surface area contributed by atoms with E-state index in [0.29, 0.717) is 32.1 Å². The fourth-order valence-corrected chi connectivity index (χ4v) is 1.61. The molecule has 0 heterocycles. The van der Waals surface area contributed by atoms with Gasteiger partial charge in [-0.2, -0.15) is 0 Å². The minimum atomic E-state index is -0.146. The van der Waals surface area contributed by atoms with Gasteiger partial charge in [0.1, 0.15) is 0 Å². The first kappa shape index (κ1) is 15.4. The Morgan fingerprint density at radius 3 is 2.50 bits per heavy atom. The van der Waals surface area contributed by atoms with Crippen molar-refractivity contribution in [3.63, 3.8) is 0 Å². The molecule has 0 aliphatic heterocycles. The predicted octanol–water partition coefficient (Wildman–Crippen LogP) is 1.58. The van der Waals surface area contributed by atoms with Gasteiger partial charge >= 0.3 is 5.97 Å². The maximum Gasteiger partial charge on any atom is 0.306 e. The van der Waals surface area contributed by atoms with Crippen molar-refractivity contribution >= 4 is 5.97 Å². The van der Waals surface area contributed by atoms with Gasteiger partial charge in [-0.3, -0.25) is 4.79 Å². The molecule has 0 aromatic carbocycles. The summed E-state index contributed by atoms with van der Waals surface area (Å²) in [6, 6.07) is 0. The Morgan fingerprint density at radius 1 is 1.31 bits per heavy atom. The van der Waals surface area contributed by atoms with E-state index in [1.165, 1.54) is 0 Å². The first-order chi connectivity index (χ1) is 7.60. The Bertz CT molecular complexity index is 183. The van der Waals surface area contributed by atoms with E-state index in [9.17, 15) is 4.79 Å². The molecule has 0 saturated carbocycles. The second kappa shape index (κ2) is 9.60. The highest BCUT2D eigenvalue weighted by Crippen LogP contribution is 2.14. The lowest BCUT2D eigenvalue weighted by atomic mass is 9.94. The number of hydrogen-bond donors (Lipinski definition) is 1.